The molecule has 1 aliphatic rings. The Kier molecular flexibility index (Phi) is 8.85. The number of carbonyl (C=O) groups is 4. The molecule has 11 heteroatoms. The molecule has 0 atom stereocenters. The SMILES string of the molecule is CCOc1ccc(N2C(=O)NC(=O)/C(=C\c3cc(Br)c(OCC(=O)Nc4ccccc4C)c(OC)c3)C2=O)cc1. The Morgan fingerprint density at radius 2 is 1.77 bits per heavy atom. The zero-order valence-electron chi connectivity index (χ0n) is 21.9. The molecule has 1 aliphatic heterocycles. The normalized spacial score (nSPS) is 14.2. The molecule has 3 aromatic carbocycles. The fourth-order valence-electron chi connectivity index (χ4n) is 3.92. The molecule has 40 heavy (non-hydrogen) atoms. The van der Waals surface area contributed by atoms with E-state index in [0.717, 1.165) is 10.5 Å². The Hall–Kier alpha value is -4.64. The number of methoxy groups -OCH3 is 1. The van der Waals surface area contributed by atoms with Gasteiger partial charge in [0.2, 0.25) is 0 Å². The summed E-state index contributed by atoms with van der Waals surface area (Å²) in [4.78, 5) is 51.7. The number of imide groups is 2. The number of aryl methyl sites for hydroxylation is 1. The van der Waals surface area contributed by atoms with Gasteiger partial charge in [-0.15, -0.1) is 0 Å². The van der Waals surface area contributed by atoms with Crippen LogP contribution in [0.15, 0.2) is 70.7 Å². The number of anilines is 2. The number of urea groups is 1. The van der Waals surface area contributed by atoms with Gasteiger partial charge >= 0.3 is 6.03 Å². The summed E-state index contributed by atoms with van der Waals surface area (Å²) in [7, 11) is 1.42. The van der Waals surface area contributed by atoms with Gasteiger partial charge in [-0.2, -0.15) is 0 Å². The molecule has 206 valence electrons. The van der Waals surface area contributed by atoms with Gasteiger partial charge in [0.05, 0.1) is 23.9 Å². The number of hydrogen-bond acceptors (Lipinski definition) is 7. The summed E-state index contributed by atoms with van der Waals surface area (Å²) in [5.74, 6) is -0.891. The van der Waals surface area contributed by atoms with Crippen LogP contribution in [0.4, 0.5) is 16.2 Å². The van der Waals surface area contributed by atoms with E-state index in [4.69, 9.17) is 14.2 Å². The molecule has 0 saturated carbocycles. The van der Waals surface area contributed by atoms with E-state index >= 15 is 0 Å². The Balaban J connectivity index is 1.55. The molecule has 0 radical (unpaired) electrons. The lowest BCUT2D eigenvalue weighted by atomic mass is 10.1. The third-order valence-corrected chi connectivity index (χ3v) is 6.43. The number of para-hydroxylation sites is 1. The standard InChI is InChI=1S/C29H26BrN3O7/c1-4-39-20-11-9-19(10-12-20)33-28(36)21(27(35)32-29(33)37)13-18-14-22(30)26(24(15-18)38-3)40-16-25(34)31-23-8-6-5-7-17(23)2/h5-15H,4,16H2,1-3H3,(H,31,34)(H,32,35,37)/b21-13+. The largest absolute Gasteiger partial charge is 0.494 e. The number of hydrogen-bond donors (Lipinski definition) is 2. The quantitative estimate of drug-likeness (QED) is 0.263. The molecule has 4 rings (SSSR count). The molecule has 5 amide bonds. The number of halogens is 1. The second-order valence-corrected chi connectivity index (χ2v) is 9.42. The lowest BCUT2D eigenvalue weighted by Gasteiger charge is -2.26. The second-order valence-electron chi connectivity index (χ2n) is 8.57. The van der Waals surface area contributed by atoms with Crippen LogP contribution in [0.25, 0.3) is 6.08 Å². The van der Waals surface area contributed by atoms with Crippen LogP contribution in [0.3, 0.4) is 0 Å². The van der Waals surface area contributed by atoms with E-state index in [1.807, 2.05) is 32.0 Å². The van der Waals surface area contributed by atoms with Gasteiger partial charge in [-0.25, -0.2) is 9.69 Å². The van der Waals surface area contributed by atoms with Crippen molar-refractivity contribution in [3.63, 3.8) is 0 Å². The Labute approximate surface area is 239 Å². The topological polar surface area (TPSA) is 123 Å². The lowest BCUT2D eigenvalue weighted by molar-refractivity contribution is -0.122. The van der Waals surface area contributed by atoms with E-state index in [1.165, 1.54) is 13.2 Å². The number of carbonyl (C=O) groups excluding carboxylic acids is 4. The third kappa shape index (κ3) is 6.32. The first-order valence-corrected chi connectivity index (χ1v) is 13.0. The fourth-order valence-corrected chi connectivity index (χ4v) is 4.49. The maximum absolute atomic E-state index is 13.3. The minimum atomic E-state index is -0.859. The third-order valence-electron chi connectivity index (χ3n) is 5.84. The van der Waals surface area contributed by atoms with Gasteiger partial charge in [-0.3, -0.25) is 19.7 Å². The van der Waals surface area contributed by atoms with Crippen molar-refractivity contribution in [3.05, 3.63) is 81.8 Å². The highest BCUT2D eigenvalue weighted by molar-refractivity contribution is 9.10. The van der Waals surface area contributed by atoms with Crippen molar-refractivity contribution in [3.8, 4) is 17.2 Å². The molecular formula is C29H26BrN3O7. The molecule has 0 aliphatic carbocycles. The van der Waals surface area contributed by atoms with Gasteiger partial charge in [0.1, 0.15) is 11.3 Å². The molecule has 2 N–H and O–H groups in total. The van der Waals surface area contributed by atoms with Crippen LogP contribution in [0.1, 0.15) is 18.1 Å². The Morgan fingerprint density at radius 3 is 2.45 bits per heavy atom. The van der Waals surface area contributed by atoms with E-state index < -0.39 is 17.8 Å². The van der Waals surface area contributed by atoms with Crippen molar-refractivity contribution in [2.24, 2.45) is 0 Å². The van der Waals surface area contributed by atoms with Gasteiger partial charge in [-0.05, 0) is 89.4 Å². The van der Waals surface area contributed by atoms with Crippen LogP contribution < -0.4 is 29.7 Å². The van der Waals surface area contributed by atoms with Gasteiger partial charge in [0, 0.05) is 5.69 Å². The van der Waals surface area contributed by atoms with Gasteiger partial charge in [-0.1, -0.05) is 18.2 Å². The maximum atomic E-state index is 13.3. The summed E-state index contributed by atoms with van der Waals surface area (Å²) < 4.78 is 17.0. The minimum Gasteiger partial charge on any atom is -0.494 e. The number of amides is 5. The number of nitrogens with one attached hydrogen (secondary N) is 2. The van der Waals surface area contributed by atoms with E-state index in [1.54, 1.807) is 42.5 Å². The van der Waals surface area contributed by atoms with Crippen LogP contribution in [-0.2, 0) is 14.4 Å². The average Bonchev–Trinajstić information content (AvgIpc) is 2.92. The molecule has 1 heterocycles. The lowest BCUT2D eigenvalue weighted by Crippen LogP contribution is -2.54. The van der Waals surface area contributed by atoms with Crippen molar-refractivity contribution < 1.29 is 33.4 Å². The highest BCUT2D eigenvalue weighted by Gasteiger charge is 2.37. The molecule has 1 fully saturated rings. The first kappa shape index (κ1) is 28.4. The minimum absolute atomic E-state index is 0.256. The molecule has 10 nitrogen and oxygen atoms in total. The average molecular weight is 608 g/mol. The second kappa shape index (κ2) is 12.5. The van der Waals surface area contributed by atoms with Crippen LogP contribution in [0.5, 0.6) is 17.2 Å². The number of rotatable bonds is 9. The molecule has 0 bridgehead atoms. The zero-order chi connectivity index (χ0) is 28.8. The molecule has 1 saturated heterocycles. The van der Waals surface area contributed by atoms with Gasteiger partial charge in [0.25, 0.3) is 17.7 Å². The van der Waals surface area contributed by atoms with E-state index in [2.05, 4.69) is 26.6 Å². The fraction of sp³-hybridized carbons (Fsp3) is 0.172. The van der Waals surface area contributed by atoms with Crippen molar-refractivity contribution >= 4 is 57.1 Å². The summed E-state index contributed by atoms with van der Waals surface area (Å²) in [6.45, 7) is 3.90. The summed E-state index contributed by atoms with van der Waals surface area (Å²) in [6, 6.07) is 16.0. The van der Waals surface area contributed by atoms with E-state index in [-0.39, 0.29) is 35.3 Å². The Bertz CT molecular complexity index is 1500. The van der Waals surface area contributed by atoms with Crippen LogP contribution in [0, 0.1) is 6.92 Å². The van der Waals surface area contributed by atoms with E-state index in [0.29, 0.717) is 28.1 Å². The Morgan fingerprint density at radius 1 is 1.05 bits per heavy atom. The molecule has 0 spiro atoms. The first-order chi connectivity index (χ1) is 19.2. The van der Waals surface area contributed by atoms with Gasteiger partial charge < -0.3 is 19.5 Å². The van der Waals surface area contributed by atoms with Crippen molar-refractivity contribution in [1.29, 1.82) is 0 Å². The van der Waals surface area contributed by atoms with Crippen LogP contribution in [0.2, 0.25) is 0 Å². The molecular weight excluding hydrogens is 582 g/mol. The molecule has 0 unspecified atom stereocenters. The highest BCUT2D eigenvalue weighted by Crippen LogP contribution is 2.37. The number of benzene rings is 3. The number of nitrogens with zero attached hydrogens (tertiary/aromatic N) is 1. The highest BCUT2D eigenvalue weighted by atomic mass is 79.9. The molecule has 3 aromatic rings. The van der Waals surface area contributed by atoms with Crippen molar-refractivity contribution in [2.45, 2.75) is 13.8 Å². The zero-order valence-corrected chi connectivity index (χ0v) is 23.5. The monoisotopic (exact) mass is 607 g/mol. The smallest absolute Gasteiger partial charge is 0.335 e. The summed E-state index contributed by atoms with van der Waals surface area (Å²) in [6.07, 6.45) is 1.34. The summed E-state index contributed by atoms with van der Waals surface area (Å²) in [5, 5.41) is 4.99. The predicted octanol–water partition coefficient (Wildman–Crippen LogP) is 4.85. The van der Waals surface area contributed by atoms with Gasteiger partial charge in [0.15, 0.2) is 18.1 Å². The molecule has 0 aromatic heterocycles. The number of ether oxygens (including phenoxy) is 3. The first-order valence-electron chi connectivity index (χ1n) is 12.2. The predicted molar refractivity (Wildman–Crippen MR) is 153 cm³/mol. The summed E-state index contributed by atoms with van der Waals surface area (Å²) >= 11 is 3.41. The summed E-state index contributed by atoms with van der Waals surface area (Å²) in [5.41, 5.74) is 2.03. The van der Waals surface area contributed by atoms with E-state index in [9.17, 15) is 19.2 Å². The van der Waals surface area contributed by atoms with Crippen LogP contribution >= 0.6 is 15.9 Å². The van der Waals surface area contributed by atoms with Crippen molar-refractivity contribution in [2.75, 3.05) is 30.5 Å². The number of barbiturate groups is 1. The maximum Gasteiger partial charge on any atom is 0.335 e. The van der Waals surface area contributed by atoms with Crippen molar-refractivity contribution in [1.82, 2.24) is 5.32 Å². The van der Waals surface area contributed by atoms with Crippen LogP contribution in [-0.4, -0.2) is 44.1 Å².